The minimum Gasteiger partial charge on any atom is -0.487 e. The third-order valence-electron chi connectivity index (χ3n) is 6.59. The molecule has 4 aromatic rings. The van der Waals surface area contributed by atoms with Crippen LogP contribution in [0.5, 0.6) is 5.75 Å². The molecule has 1 aromatic heterocycles. The molecule has 6 nitrogen and oxygen atoms in total. The Morgan fingerprint density at radius 2 is 1.76 bits per heavy atom. The van der Waals surface area contributed by atoms with Gasteiger partial charge in [0.05, 0.1) is 21.3 Å². The molecule has 1 fully saturated rings. The van der Waals surface area contributed by atoms with E-state index in [9.17, 15) is 9.90 Å². The molecule has 0 amide bonds. The number of benzene rings is 3. The van der Waals surface area contributed by atoms with Crippen molar-refractivity contribution in [3.8, 4) is 11.4 Å². The monoisotopic (exact) mass is 555 g/mol. The van der Waals surface area contributed by atoms with Crippen molar-refractivity contribution in [1.82, 2.24) is 15.0 Å². The lowest BCUT2D eigenvalue weighted by Crippen LogP contribution is -2.09. The Kier molecular flexibility index (Phi) is 7.17. The number of aromatic nitrogens is 3. The molecule has 190 valence electrons. The predicted molar refractivity (Wildman–Crippen MR) is 145 cm³/mol. The highest BCUT2D eigenvalue weighted by Gasteiger charge is 2.40. The summed E-state index contributed by atoms with van der Waals surface area (Å²) in [6.45, 7) is 4.28. The number of aromatic carboxylic acids is 1. The number of nitrogens with zero attached hydrogens (tertiary/aromatic N) is 3. The van der Waals surface area contributed by atoms with Gasteiger partial charge in [-0.15, -0.1) is 5.10 Å². The highest BCUT2D eigenvalue weighted by atomic mass is 35.5. The van der Waals surface area contributed by atoms with Crippen LogP contribution in [-0.4, -0.2) is 26.1 Å². The molecule has 9 heteroatoms. The van der Waals surface area contributed by atoms with Crippen LogP contribution in [0.2, 0.25) is 15.1 Å². The Hall–Kier alpha value is -3.06. The zero-order chi connectivity index (χ0) is 26.3. The molecule has 2 atom stereocenters. The molecule has 3 aromatic carbocycles. The summed E-state index contributed by atoms with van der Waals surface area (Å²) in [6, 6.07) is 18.1. The summed E-state index contributed by atoms with van der Waals surface area (Å²) < 4.78 is 7.77. The molecule has 0 saturated heterocycles. The summed E-state index contributed by atoms with van der Waals surface area (Å²) in [5.74, 6) is 0.300. The van der Waals surface area contributed by atoms with Crippen LogP contribution in [0.4, 0.5) is 0 Å². The normalized spacial score (nSPS) is 16.7. The van der Waals surface area contributed by atoms with Crippen molar-refractivity contribution in [1.29, 1.82) is 0 Å². The lowest BCUT2D eigenvalue weighted by atomic mass is 10.0. The highest BCUT2D eigenvalue weighted by molar-refractivity contribution is 6.37. The van der Waals surface area contributed by atoms with Gasteiger partial charge in [0, 0.05) is 5.02 Å². The topological polar surface area (TPSA) is 77.2 Å². The smallest absolute Gasteiger partial charge is 0.335 e. The van der Waals surface area contributed by atoms with E-state index in [2.05, 4.69) is 10.3 Å². The van der Waals surface area contributed by atoms with E-state index in [1.165, 1.54) is 0 Å². The van der Waals surface area contributed by atoms with Crippen LogP contribution >= 0.6 is 34.8 Å². The fourth-order valence-electron chi connectivity index (χ4n) is 4.63. The van der Waals surface area contributed by atoms with Gasteiger partial charge in [-0.1, -0.05) is 78.1 Å². The van der Waals surface area contributed by atoms with Gasteiger partial charge >= 0.3 is 5.97 Å². The van der Waals surface area contributed by atoms with Gasteiger partial charge in [0.15, 0.2) is 0 Å². The molecule has 1 aliphatic carbocycles. The molecular weight excluding hydrogens is 533 g/mol. The van der Waals surface area contributed by atoms with E-state index in [4.69, 9.17) is 39.5 Å². The number of carboxylic acids is 1. The number of carboxylic acid groups (broad SMARTS) is 1. The van der Waals surface area contributed by atoms with E-state index < -0.39 is 5.97 Å². The maximum Gasteiger partial charge on any atom is 0.335 e. The first-order chi connectivity index (χ1) is 17.7. The first kappa shape index (κ1) is 25.6. The van der Waals surface area contributed by atoms with Gasteiger partial charge in [-0.05, 0) is 71.7 Å². The first-order valence-electron chi connectivity index (χ1n) is 11.9. The SMILES string of the molecule is CC(C)c1nnn(-c2c(Cl)cccc2Cl)c1COc1ccc(C2CC2c2cccc(C(=O)O)c2)c(Cl)c1. The van der Waals surface area contributed by atoms with E-state index >= 15 is 0 Å². The van der Waals surface area contributed by atoms with Crippen molar-refractivity contribution in [2.24, 2.45) is 0 Å². The third-order valence-corrected chi connectivity index (χ3v) is 7.53. The Morgan fingerprint density at radius 3 is 2.43 bits per heavy atom. The Bertz CT molecular complexity index is 1460. The molecule has 0 aliphatic heterocycles. The quantitative estimate of drug-likeness (QED) is 0.239. The Labute approximate surface area is 229 Å². The van der Waals surface area contributed by atoms with Crippen molar-refractivity contribution in [2.75, 3.05) is 0 Å². The van der Waals surface area contributed by atoms with Crippen molar-refractivity contribution in [3.05, 3.63) is 104 Å². The number of para-hydroxylation sites is 1. The largest absolute Gasteiger partial charge is 0.487 e. The molecule has 5 rings (SSSR count). The molecule has 2 unspecified atom stereocenters. The Morgan fingerprint density at radius 1 is 1.03 bits per heavy atom. The standard InChI is InChI=1S/C28H24Cl3N3O3/c1-15(2)26-25(34(33-32-26)27-22(29)7-4-8-23(27)30)14-37-18-9-10-19(24(31)12-18)21-13-20(21)16-5-3-6-17(11-16)28(35)36/h3-12,15,20-21H,13-14H2,1-2H3,(H,35,36). The van der Waals surface area contributed by atoms with E-state index in [-0.39, 0.29) is 24.4 Å². The minimum absolute atomic E-state index is 0.117. The number of halogens is 3. The number of hydrogen-bond donors (Lipinski definition) is 1. The van der Waals surface area contributed by atoms with Gasteiger partial charge in [-0.3, -0.25) is 0 Å². The highest BCUT2D eigenvalue weighted by Crippen LogP contribution is 2.56. The zero-order valence-corrected chi connectivity index (χ0v) is 22.4. The van der Waals surface area contributed by atoms with Crippen molar-refractivity contribution in [2.45, 2.75) is 44.6 Å². The van der Waals surface area contributed by atoms with E-state index in [1.54, 1.807) is 41.1 Å². The van der Waals surface area contributed by atoms with Crippen LogP contribution < -0.4 is 4.74 Å². The maximum atomic E-state index is 11.3. The second-order valence-corrected chi connectivity index (χ2v) is 10.6. The van der Waals surface area contributed by atoms with Crippen molar-refractivity contribution in [3.63, 3.8) is 0 Å². The minimum atomic E-state index is -0.924. The molecule has 0 radical (unpaired) electrons. The molecule has 0 bridgehead atoms. The molecule has 37 heavy (non-hydrogen) atoms. The summed E-state index contributed by atoms with van der Waals surface area (Å²) in [5.41, 5.74) is 4.45. The van der Waals surface area contributed by atoms with Crippen LogP contribution in [0.25, 0.3) is 5.69 Å². The predicted octanol–water partition coefficient (Wildman–Crippen LogP) is 7.90. The zero-order valence-electron chi connectivity index (χ0n) is 20.2. The fourth-order valence-corrected chi connectivity index (χ4v) is 5.50. The summed E-state index contributed by atoms with van der Waals surface area (Å²) >= 11 is 19.5. The second kappa shape index (κ2) is 10.4. The van der Waals surface area contributed by atoms with Crippen molar-refractivity contribution >= 4 is 40.8 Å². The van der Waals surface area contributed by atoms with Crippen LogP contribution in [0.15, 0.2) is 60.7 Å². The lowest BCUT2D eigenvalue weighted by Gasteiger charge is -2.14. The summed E-state index contributed by atoms with van der Waals surface area (Å²) in [5, 5.41) is 19.5. The van der Waals surface area contributed by atoms with Crippen LogP contribution in [0, 0.1) is 0 Å². The van der Waals surface area contributed by atoms with Gasteiger partial charge in [-0.25, -0.2) is 9.48 Å². The Balaban J connectivity index is 1.35. The first-order valence-corrected chi connectivity index (χ1v) is 13.0. The average Bonchev–Trinajstić information content (AvgIpc) is 3.54. The number of ether oxygens (including phenoxy) is 1. The fraction of sp³-hybridized carbons (Fsp3) is 0.250. The van der Waals surface area contributed by atoms with E-state index in [0.717, 1.165) is 28.9 Å². The summed E-state index contributed by atoms with van der Waals surface area (Å²) in [4.78, 5) is 11.3. The third kappa shape index (κ3) is 5.19. The van der Waals surface area contributed by atoms with Gasteiger partial charge in [-0.2, -0.15) is 0 Å². The van der Waals surface area contributed by atoms with Crippen molar-refractivity contribution < 1.29 is 14.6 Å². The van der Waals surface area contributed by atoms with E-state index in [0.29, 0.717) is 32.1 Å². The van der Waals surface area contributed by atoms with Gasteiger partial charge in [0.25, 0.3) is 0 Å². The summed E-state index contributed by atoms with van der Waals surface area (Å²) in [7, 11) is 0. The lowest BCUT2D eigenvalue weighted by molar-refractivity contribution is 0.0696. The molecule has 1 aliphatic rings. The van der Waals surface area contributed by atoms with Crippen LogP contribution in [-0.2, 0) is 6.61 Å². The molecule has 0 spiro atoms. The van der Waals surface area contributed by atoms with E-state index in [1.807, 2.05) is 38.1 Å². The molecular formula is C28H24Cl3N3O3. The van der Waals surface area contributed by atoms with Gasteiger partial charge in [0.2, 0.25) is 0 Å². The van der Waals surface area contributed by atoms with Gasteiger partial charge in [0.1, 0.15) is 23.7 Å². The number of hydrogen-bond acceptors (Lipinski definition) is 4. The summed E-state index contributed by atoms with van der Waals surface area (Å²) in [6.07, 6.45) is 0.921. The number of carbonyl (C=O) groups is 1. The average molecular weight is 557 g/mol. The maximum absolute atomic E-state index is 11.3. The van der Waals surface area contributed by atoms with Crippen LogP contribution in [0.3, 0.4) is 0 Å². The second-order valence-electron chi connectivity index (χ2n) is 9.41. The van der Waals surface area contributed by atoms with Gasteiger partial charge < -0.3 is 9.84 Å². The molecule has 1 saturated carbocycles. The van der Waals surface area contributed by atoms with Crippen LogP contribution in [0.1, 0.15) is 70.9 Å². The molecule has 1 N–H and O–H groups in total. The molecule has 1 heterocycles. The number of rotatable bonds is 8.